The fourth-order valence-electron chi connectivity index (χ4n) is 3.01. The Morgan fingerprint density at radius 2 is 1.96 bits per heavy atom. The van der Waals surface area contributed by atoms with Crippen LogP contribution in [0.2, 0.25) is 0 Å². The number of nitrogens with zero attached hydrogens (tertiary/aromatic N) is 3. The van der Waals surface area contributed by atoms with Gasteiger partial charge in [0.05, 0.1) is 6.54 Å². The molecule has 2 rings (SSSR count). The Bertz CT molecular complexity index is 508. The average molecular weight is 362 g/mol. The zero-order valence-corrected chi connectivity index (χ0v) is 16.4. The average Bonchev–Trinajstić information content (AvgIpc) is 2.87. The highest BCUT2D eigenvalue weighted by Gasteiger charge is 2.11. The number of nitrogens with one attached hydrogen (secondary N) is 2. The van der Waals surface area contributed by atoms with Gasteiger partial charge in [0.15, 0.2) is 5.96 Å². The second kappa shape index (κ2) is 12.5. The Balaban J connectivity index is 1.62. The number of hydrogen-bond donors (Lipinski definition) is 2. The molecule has 2 N–H and O–H groups in total. The molecule has 0 bridgehead atoms. The van der Waals surface area contributed by atoms with E-state index in [1.54, 1.807) is 0 Å². The first kappa shape index (κ1) is 20.5. The van der Waals surface area contributed by atoms with E-state index in [-0.39, 0.29) is 0 Å². The predicted octanol–water partition coefficient (Wildman–Crippen LogP) is 1.65. The minimum Gasteiger partial charge on any atom is -0.492 e. The second-order valence-electron chi connectivity index (χ2n) is 6.70. The third kappa shape index (κ3) is 8.54. The minimum atomic E-state index is 0.621. The number of aliphatic imine (C=N–C) groups is 1. The van der Waals surface area contributed by atoms with Crippen molar-refractivity contribution in [1.29, 1.82) is 0 Å². The predicted molar refractivity (Wildman–Crippen MR) is 109 cm³/mol. The van der Waals surface area contributed by atoms with Crippen LogP contribution in [0, 0.1) is 0 Å². The molecule has 0 saturated carbocycles. The van der Waals surface area contributed by atoms with E-state index in [0.29, 0.717) is 6.61 Å². The first-order chi connectivity index (χ1) is 12.8. The van der Waals surface area contributed by atoms with Gasteiger partial charge in [0.1, 0.15) is 12.4 Å². The van der Waals surface area contributed by atoms with Crippen molar-refractivity contribution in [2.45, 2.75) is 19.8 Å². The highest BCUT2D eigenvalue weighted by molar-refractivity contribution is 5.79. The van der Waals surface area contributed by atoms with Gasteiger partial charge in [-0.15, -0.1) is 0 Å². The van der Waals surface area contributed by atoms with Crippen molar-refractivity contribution in [3.8, 4) is 5.75 Å². The van der Waals surface area contributed by atoms with E-state index in [9.17, 15) is 0 Å². The summed E-state index contributed by atoms with van der Waals surface area (Å²) >= 11 is 0. The number of para-hydroxylation sites is 1. The van der Waals surface area contributed by atoms with Crippen LogP contribution in [0.15, 0.2) is 35.3 Å². The lowest BCUT2D eigenvalue weighted by Crippen LogP contribution is -2.39. The van der Waals surface area contributed by atoms with Crippen molar-refractivity contribution in [1.82, 2.24) is 20.4 Å². The van der Waals surface area contributed by atoms with Crippen LogP contribution < -0.4 is 15.4 Å². The van der Waals surface area contributed by atoms with Crippen molar-refractivity contribution in [3.05, 3.63) is 30.3 Å². The summed E-state index contributed by atoms with van der Waals surface area (Å²) in [6.45, 7) is 11.1. The van der Waals surface area contributed by atoms with Gasteiger partial charge in [-0.1, -0.05) is 18.2 Å². The molecule has 0 radical (unpaired) electrons. The lowest BCUT2D eigenvalue weighted by molar-refractivity contribution is 0.275. The molecule has 0 aromatic heterocycles. The maximum absolute atomic E-state index is 5.70. The van der Waals surface area contributed by atoms with E-state index in [2.05, 4.69) is 39.4 Å². The lowest BCUT2D eigenvalue weighted by atomic mass is 10.3. The van der Waals surface area contributed by atoms with Crippen LogP contribution in [0.1, 0.15) is 19.8 Å². The highest BCUT2D eigenvalue weighted by Crippen LogP contribution is 2.07. The molecule has 6 nitrogen and oxygen atoms in total. The number of rotatable bonds is 9. The van der Waals surface area contributed by atoms with Crippen molar-refractivity contribution in [2.75, 3.05) is 66.0 Å². The zero-order valence-electron chi connectivity index (χ0n) is 16.4. The topological polar surface area (TPSA) is 52.1 Å². The van der Waals surface area contributed by atoms with E-state index < -0.39 is 0 Å². The van der Waals surface area contributed by atoms with Gasteiger partial charge in [0, 0.05) is 26.2 Å². The van der Waals surface area contributed by atoms with Crippen molar-refractivity contribution in [3.63, 3.8) is 0 Å². The summed E-state index contributed by atoms with van der Waals surface area (Å²) in [7, 11) is 2.21. The summed E-state index contributed by atoms with van der Waals surface area (Å²) in [5.74, 6) is 1.78. The first-order valence-electron chi connectivity index (χ1n) is 9.89. The lowest BCUT2D eigenvalue weighted by Gasteiger charge is -2.19. The molecule has 1 heterocycles. The molecule has 0 aliphatic carbocycles. The van der Waals surface area contributed by atoms with Gasteiger partial charge in [0.2, 0.25) is 0 Å². The molecule has 1 fully saturated rings. The molecule has 0 spiro atoms. The van der Waals surface area contributed by atoms with Gasteiger partial charge < -0.3 is 25.2 Å². The van der Waals surface area contributed by atoms with E-state index >= 15 is 0 Å². The third-order valence-electron chi connectivity index (χ3n) is 4.47. The van der Waals surface area contributed by atoms with Crippen LogP contribution in [0.4, 0.5) is 0 Å². The van der Waals surface area contributed by atoms with Crippen LogP contribution >= 0.6 is 0 Å². The van der Waals surface area contributed by atoms with Gasteiger partial charge in [-0.25, -0.2) is 0 Å². The summed E-state index contributed by atoms with van der Waals surface area (Å²) in [5.41, 5.74) is 0. The van der Waals surface area contributed by atoms with Gasteiger partial charge in [-0.2, -0.15) is 0 Å². The summed E-state index contributed by atoms with van der Waals surface area (Å²) in [5, 5.41) is 6.64. The Morgan fingerprint density at radius 3 is 2.77 bits per heavy atom. The fraction of sp³-hybridized carbons (Fsp3) is 0.650. The highest BCUT2D eigenvalue weighted by atomic mass is 16.5. The molecule has 1 aromatic rings. The Labute approximate surface area is 158 Å². The number of likely N-dealkylation sites (N-methyl/N-ethyl adjacent to an activating group) is 1. The quantitative estimate of drug-likeness (QED) is 0.398. The normalized spacial score (nSPS) is 16.9. The van der Waals surface area contributed by atoms with Gasteiger partial charge in [-0.05, 0) is 58.6 Å². The number of hydrogen-bond acceptors (Lipinski definition) is 4. The molecule has 6 heteroatoms. The molecule has 1 saturated heterocycles. The number of ether oxygens (including phenoxy) is 1. The smallest absolute Gasteiger partial charge is 0.191 e. The van der Waals surface area contributed by atoms with E-state index in [1.165, 1.54) is 32.6 Å². The van der Waals surface area contributed by atoms with E-state index in [0.717, 1.165) is 44.3 Å². The zero-order chi connectivity index (χ0) is 18.5. The summed E-state index contributed by atoms with van der Waals surface area (Å²) in [6.07, 6.45) is 2.37. The molecule has 0 unspecified atom stereocenters. The molecule has 1 aliphatic heterocycles. The summed E-state index contributed by atoms with van der Waals surface area (Å²) in [6, 6.07) is 9.90. The molecule has 146 valence electrons. The Hall–Kier alpha value is -1.79. The van der Waals surface area contributed by atoms with Crippen molar-refractivity contribution < 1.29 is 4.74 Å². The molecule has 1 aromatic carbocycles. The van der Waals surface area contributed by atoms with Crippen LogP contribution in [-0.2, 0) is 0 Å². The third-order valence-corrected chi connectivity index (χ3v) is 4.47. The maximum atomic E-state index is 5.70. The van der Waals surface area contributed by atoms with E-state index in [4.69, 9.17) is 4.74 Å². The fourth-order valence-corrected chi connectivity index (χ4v) is 3.01. The largest absolute Gasteiger partial charge is 0.492 e. The molecule has 1 aliphatic rings. The molecule has 0 atom stereocenters. The van der Waals surface area contributed by atoms with Crippen LogP contribution in [0.5, 0.6) is 5.75 Å². The van der Waals surface area contributed by atoms with Crippen LogP contribution in [0.25, 0.3) is 0 Å². The van der Waals surface area contributed by atoms with Gasteiger partial charge >= 0.3 is 0 Å². The van der Waals surface area contributed by atoms with E-state index in [1.807, 2.05) is 30.3 Å². The maximum Gasteiger partial charge on any atom is 0.191 e. The van der Waals surface area contributed by atoms with Crippen LogP contribution in [-0.4, -0.2) is 81.8 Å². The molecule has 26 heavy (non-hydrogen) atoms. The standard InChI is InChI=1S/C20H35N5O/c1-3-21-20(23-12-18-26-19-9-5-4-6-10-19)22-11-7-14-25-15-8-13-24(2)16-17-25/h4-6,9-10H,3,7-8,11-18H2,1-2H3,(H2,21,22,23). The number of guanidine groups is 1. The van der Waals surface area contributed by atoms with Gasteiger partial charge in [-0.3, -0.25) is 4.99 Å². The summed E-state index contributed by atoms with van der Waals surface area (Å²) < 4.78 is 5.70. The monoisotopic (exact) mass is 361 g/mol. The second-order valence-corrected chi connectivity index (χ2v) is 6.70. The Kier molecular flexibility index (Phi) is 9.90. The minimum absolute atomic E-state index is 0.621. The summed E-state index contributed by atoms with van der Waals surface area (Å²) in [4.78, 5) is 9.66. The SMILES string of the molecule is CCNC(=NCCCN1CCCN(C)CC1)NCCOc1ccccc1. The molecular weight excluding hydrogens is 326 g/mol. The Morgan fingerprint density at radius 1 is 1.12 bits per heavy atom. The molecular formula is C20H35N5O. The van der Waals surface area contributed by atoms with Crippen molar-refractivity contribution >= 4 is 5.96 Å². The van der Waals surface area contributed by atoms with Gasteiger partial charge in [0.25, 0.3) is 0 Å². The first-order valence-corrected chi connectivity index (χ1v) is 9.89. The number of benzene rings is 1. The van der Waals surface area contributed by atoms with Crippen LogP contribution in [0.3, 0.4) is 0 Å². The van der Waals surface area contributed by atoms with Crippen molar-refractivity contribution in [2.24, 2.45) is 4.99 Å². The molecule has 0 amide bonds.